The molecular formula is C14H11BrN2O2. The minimum absolute atomic E-state index is 0.201. The van der Waals surface area contributed by atoms with Crippen LogP contribution in [0.5, 0.6) is 11.5 Å². The van der Waals surface area contributed by atoms with Gasteiger partial charge in [0.25, 0.3) is 0 Å². The zero-order valence-corrected chi connectivity index (χ0v) is 11.8. The number of pyridine rings is 1. The third kappa shape index (κ3) is 2.06. The molecule has 0 atom stereocenters. The van der Waals surface area contributed by atoms with Gasteiger partial charge in [-0.1, -0.05) is 0 Å². The lowest BCUT2D eigenvalue weighted by Crippen LogP contribution is -1.89. The maximum Gasteiger partial charge on any atom is 0.146 e. The van der Waals surface area contributed by atoms with Gasteiger partial charge in [0.05, 0.1) is 18.8 Å². The standard InChI is InChI=1S/C14H11BrN2O2/c1-19-11-5-2-9(3-6-11)14-16-13(15)12-7-4-10(18)8-17(12)14/h2-8,18H,1H3. The Morgan fingerprint density at radius 1 is 1.16 bits per heavy atom. The van der Waals surface area contributed by atoms with Crippen LogP contribution in [0.4, 0.5) is 0 Å². The van der Waals surface area contributed by atoms with Gasteiger partial charge in [0.15, 0.2) is 0 Å². The predicted molar refractivity (Wildman–Crippen MR) is 76.5 cm³/mol. The minimum atomic E-state index is 0.201. The van der Waals surface area contributed by atoms with Gasteiger partial charge in [0.1, 0.15) is 21.9 Å². The molecular weight excluding hydrogens is 308 g/mol. The van der Waals surface area contributed by atoms with E-state index in [1.807, 2.05) is 34.7 Å². The van der Waals surface area contributed by atoms with E-state index in [4.69, 9.17) is 4.74 Å². The average molecular weight is 319 g/mol. The quantitative estimate of drug-likeness (QED) is 0.787. The Kier molecular flexibility index (Phi) is 2.91. The van der Waals surface area contributed by atoms with E-state index in [9.17, 15) is 5.11 Å². The fourth-order valence-corrected chi connectivity index (χ4v) is 2.47. The van der Waals surface area contributed by atoms with Crippen LogP contribution in [0.3, 0.4) is 0 Å². The third-order valence-corrected chi connectivity index (χ3v) is 3.51. The molecule has 5 heteroatoms. The van der Waals surface area contributed by atoms with Gasteiger partial charge in [-0.2, -0.15) is 0 Å². The highest BCUT2D eigenvalue weighted by Crippen LogP contribution is 2.28. The van der Waals surface area contributed by atoms with E-state index in [0.717, 1.165) is 27.3 Å². The number of benzene rings is 1. The molecule has 1 N–H and O–H groups in total. The fourth-order valence-electron chi connectivity index (χ4n) is 1.98. The Hall–Kier alpha value is -2.01. The van der Waals surface area contributed by atoms with Gasteiger partial charge in [0.2, 0.25) is 0 Å². The van der Waals surface area contributed by atoms with Crippen molar-refractivity contribution in [3.8, 4) is 22.9 Å². The number of halogens is 1. The van der Waals surface area contributed by atoms with Gasteiger partial charge in [-0.25, -0.2) is 4.98 Å². The van der Waals surface area contributed by atoms with Gasteiger partial charge < -0.3 is 9.84 Å². The van der Waals surface area contributed by atoms with Crippen molar-refractivity contribution in [3.05, 3.63) is 47.2 Å². The summed E-state index contributed by atoms with van der Waals surface area (Å²) < 4.78 is 7.74. The summed E-state index contributed by atoms with van der Waals surface area (Å²) in [6.45, 7) is 0. The fraction of sp³-hybridized carbons (Fsp3) is 0.0714. The summed E-state index contributed by atoms with van der Waals surface area (Å²) in [5.74, 6) is 1.76. The van der Waals surface area contributed by atoms with E-state index < -0.39 is 0 Å². The number of nitrogens with zero attached hydrogens (tertiary/aromatic N) is 2. The number of imidazole rings is 1. The summed E-state index contributed by atoms with van der Waals surface area (Å²) in [6, 6.07) is 11.1. The molecule has 0 unspecified atom stereocenters. The second-order valence-corrected chi connectivity index (χ2v) is 4.85. The summed E-state index contributed by atoms with van der Waals surface area (Å²) in [7, 11) is 1.63. The van der Waals surface area contributed by atoms with Crippen LogP contribution in [-0.2, 0) is 0 Å². The number of hydrogen-bond acceptors (Lipinski definition) is 3. The van der Waals surface area contributed by atoms with Crippen LogP contribution in [0.15, 0.2) is 47.2 Å². The number of aromatic nitrogens is 2. The van der Waals surface area contributed by atoms with Crippen LogP contribution < -0.4 is 4.74 Å². The molecule has 3 rings (SSSR count). The number of aromatic hydroxyl groups is 1. The Morgan fingerprint density at radius 3 is 2.58 bits per heavy atom. The summed E-state index contributed by atoms with van der Waals surface area (Å²) >= 11 is 3.43. The van der Waals surface area contributed by atoms with Gasteiger partial charge in [-0.3, -0.25) is 4.40 Å². The number of hydrogen-bond donors (Lipinski definition) is 1. The highest BCUT2D eigenvalue weighted by molar-refractivity contribution is 9.10. The van der Waals surface area contributed by atoms with Gasteiger partial charge in [0, 0.05) is 5.56 Å². The number of ether oxygens (including phenoxy) is 1. The van der Waals surface area contributed by atoms with Crippen molar-refractivity contribution >= 4 is 21.4 Å². The van der Waals surface area contributed by atoms with E-state index in [1.54, 1.807) is 19.4 Å². The molecule has 4 nitrogen and oxygen atoms in total. The smallest absolute Gasteiger partial charge is 0.146 e. The van der Waals surface area contributed by atoms with Crippen LogP contribution >= 0.6 is 15.9 Å². The predicted octanol–water partition coefficient (Wildman–Crippen LogP) is 3.48. The van der Waals surface area contributed by atoms with Gasteiger partial charge >= 0.3 is 0 Å². The molecule has 19 heavy (non-hydrogen) atoms. The highest BCUT2D eigenvalue weighted by Gasteiger charge is 2.11. The minimum Gasteiger partial charge on any atom is -0.506 e. The number of fused-ring (bicyclic) bond motifs is 1. The van der Waals surface area contributed by atoms with E-state index in [0.29, 0.717) is 0 Å². The molecule has 0 saturated carbocycles. The Bertz CT molecular complexity index is 735. The molecule has 0 aliphatic heterocycles. The summed E-state index contributed by atoms with van der Waals surface area (Å²) in [4.78, 5) is 4.48. The van der Waals surface area contributed by atoms with Crippen LogP contribution in [-0.4, -0.2) is 21.6 Å². The topological polar surface area (TPSA) is 46.8 Å². The maximum absolute atomic E-state index is 9.61. The molecule has 0 aliphatic carbocycles. The maximum atomic E-state index is 9.61. The molecule has 96 valence electrons. The summed E-state index contributed by atoms with van der Waals surface area (Å²) in [5.41, 5.74) is 1.86. The van der Waals surface area contributed by atoms with Gasteiger partial charge in [-0.15, -0.1) is 0 Å². The van der Waals surface area contributed by atoms with Crippen molar-refractivity contribution < 1.29 is 9.84 Å². The molecule has 2 heterocycles. The molecule has 0 amide bonds. The van der Waals surface area contributed by atoms with Crippen molar-refractivity contribution in [2.24, 2.45) is 0 Å². The summed E-state index contributed by atoms with van der Waals surface area (Å²) in [6.07, 6.45) is 1.65. The largest absolute Gasteiger partial charge is 0.506 e. The zero-order valence-electron chi connectivity index (χ0n) is 10.2. The van der Waals surface area contributed by atoms with Crippen molar-refractivity contribution in [1.29, 1.82) is 0 Å². The van der Waals surface area contributed by atoms with E-state index in [1.165, 1.54) is 0 Å². The van der Waals surface area contributed by atoms with Crippen LogP contribution in [0.2, 0.25) is 0 Å². The summed E-state index contributed by atoms with van der Waals surface area (Å²) in [5, 5.41) is 9.61. The zero-order chi connectivity index (χ0) is 13.4. The molecule has 0 spiro atoms. The average Bonchev–Trinajstić information content (AvgIpc) is 2.75. The van der Waals surface area contributed by atoms with E-state index in [2.05, 4.69) is 20.9 Å². The van der Waals surface area contributed by atoms with Crippen LogP contribution in [0.1, 0.15) is 0 Å². The number of methoxy groups -OCH3 is 1. The Balaban J connectivity index is 2.20. The third-order valence-electron chi connectivity index (χ3n) is 2.92. The molecule has 0 saturated heterocycles. The van der Waals surface area contributed by atoms with Crippen molar-refractivity contribution in [1.82, 2.24) is 9.38 Å². The Labute approximate surface area is 118 Å². The van der Waals surface area contributed by atoms with E-state index >= 15 is 0 Å². The van der Waals surface area contributed by atoms with Crippen molar-refractivity contribution in [2.75, 3.05) is 7.11 Å². The highest BCUT2D eigenvalue weighted by atomic mass is 79.9. The lowest BCUT2D eigenvalue weighted by atomic mass is 10.2. The lowest BCUT2D eigenvalue weighted by molar-refractivity contribution is 0.415. The molecule has 0 radical (unpaired) electrons. The number of rotatable bonds is 2. The molecule has 1 aromatic carbocycles. The van der Waals surface area contributed by atoms with Crippen molar-refractivity contribution in [2.45, 2.75) is 0 Å². The molecule has 2 aromatic heterocycles. The van der Waals surface area contributed by atoms with Crippen LogP contribution in [0, 0.1) is 0 Å². The van der Waals surface area contributed by atoms with Crippen molar-refractivity contribution in [3.63, 3.8) is 0 Å². The normalized spacial score (nSPS) is 10.8. The molecule has 0 aliphatic rings. The Morgan fingerprint density at radius 2 is 1.89 bits per heavy atom. The first-order chi connectivity index (χ1) is 9.19. The second kappa shape index (κ2) is 4.59. The SMILES string of the molecule is COc1ccc(-c2nc(Br)c3ccc(O)cn23)cc1. The van der Waals surface area contributed by atoms with Crippen LogP contribution in [0.25, 0.3) is 16.9 Å². The van der Waals surface area contributed by atoms with E-state index in [-0.39, 0.29) is 5.75 Å². The first-order valence-electron chi connectivity index (χ1n) is 5.70. The monoisotopic (exact) mass is 318 g/mol. The molecule has 0 bridgehead atoms. The first-order valence-corrected chi connectivity index (χ1v) is 6.49. The lowest BCUT2D eigenvalue weighted by Gasteiger charge is -2.03. The molecule has 3 aromatic rings. The molecule has 0 fully saturated rings. The second-order valence-electron chi connectivity index (χ2n) is 4.10. The first kappa shape index (κ1) is 12.0. The van der Waals surface area contributed by atoms with Gasteiger partial charge in [-0.05, 0) is 52.3 Å².